The maximum atomic E-state index is 2.43. The van der Waals surface area contributed by atoms with Crippen LogP contribution in [0.15, 0.2) is 121 Å². The SMILES string of the molecule is C[C@H]([C]1[CH][CH][CH][C]1[C]1[CH][CH][CH][C]1[C@@H](C)P(c1ccccc1)c1ccccc1)P(c1ccccc1)c1ccccc1.[CH]1[CH][CH][CH][CH]1.[CH]1[CH][CH][CH][CH]1.[Fe].[Fe]. The zero-order valence-corrected chi connectivity index (χ0v) is 33.5. The maximum absolute atomic E-state index is 2.43. The molecule has 4 aromatic rings. The summed E-state index contributed by atoms with van der Waals surface area (Å²) < 4.78 is 0. The van der Waals surface area contributed by atoms with Gasteiger partial charge < -0.3 is 0 Å². The minimum absolute atomic E-state index is 0. The third-order valence-electron chi connectivity index (χ3n) is 8.91. The molecule has 0 saturated heterocycles. The number of hydrogen-bond acceptors (Lipinski definition) is 0. The van der Waals surface area contributed by atoms with E-state index in [2.05, 4.69) is 174 Å². The zero-order valence-electron chi connectivity index (χ0n) is 29.5. The van der Waals surface area contributed by atoms with Crippen LogP contribution in [0.1, 0.15) is 13.8 Å². The fourth-order valence-corrected chi connectivity index (χ4v) is 11.9. The average molecular weight is 795 g/mol. The van der Waals surface area contributed by atoms with Gasteiger partial charge in [-0.25, -0.2) is 0 Å². The average Bonchev–Trinajstić information content (AvgIpc) is 4.03. The molecular formula is C48H44Fe2P2. The predicted molar refractivity (Wildman–Crippen MR) is 219 cm³/mol. The van der Waals surface area contributed by atoms with Gasteiger partial charge in [0.25, 0.3) is 0 Å². The molecule has 262 valence electrons. The first-order valence-electron chi connectivity index (χ1n) is 17.4. The van der Waals surface area contributed by atoms with Crippen molar-refractivity contribution in [3.05, 3.63) is 248 Å². The molecule has 0 spiro atoms. The van der Waals surface area contributed by atoms with E-state index in [1.165, 1.54) is 44.9 Å². The van der Waals surface area contributed by atoms with Crippen LogP contribution >= 0.6 is 15.8 Å². The summed E-state index contributed by atoms with van der Waals surface area (Å²) in [6.45, 7) is 4.86. The zero-order chi connectivity index (χ0) is 34.4. The van der Waals surface area contributed by atoms with Gasteiger partial charge in [0.05, 0.1) is 0 Å². The van der Waals surface area contributed by atoms with Gasteiger partial charge in [0.15, 0.2) is 0 Å². The number of benzene rings is 4. The van der Waals surface area contributed by atoms with Crippen LogP contribution in [-0.2, 0) is 34.1 Å². The van der Waals surface area contributed by atoms with Gasteiger partial charge in [-0.05, 0) is 175 Å². The van der Waals surface area contributed by atoms with Gasteiger partial charge >= 0.3 is 0 Å². The third kappa shape index (κ3) is 11.9. The Morgan fingerprint density at radius 3 is 0.769 bits per heavy atom. The van der Waals surface area contributed by atoms with Gasteiger partial charge in [-0.3, -0.25) is 0 Å². The van der Waals surface area contributed by atoms with Gasteiger partial charge in [-0.15, -0.1) is 0 Å². The van der Waals surface area contributed by atoms with Crippen molar-refractivity contribution in [1.82, 2.24) is 0 Å². The molecule has 20 radical (unpaired) electrons. The minimum atomic E-state index is -0.560. The van der Waals surface area contributed by atoms with E-state index < -0.39 is 15.8 Å². The molecule has 0 aliphatic heterocycles. The Morgan fingerprint density at radius 2 is 0.538 bits per heavy atom. The van der Waals surface area contributed by atoms with Crippen molar-refractivity contribution >= 4 is 37.1 Å². The Bertz CT molecular complexity index is 1270. The molecule has 0 aromatic heterocycles. The van der Waals surface area contributed by atoms with E-state index in [1.54, 1.807) is 0 Å². The second-order valence-electron chi connectivity index (χ2n) is 12.1. The first-order chi connectivity index (χ1) is 24.7. The van der Waals surface area contributed by atoms with Crippen LogP contribution in [0.3, 0.4) is 0 Å². The molecule has 2 atom stereocenters. The summed E-state index contributed by atoms with van der Waals surface area (Å²) in [6, 6.07) is 44.4. The van der Waals surface area contributed by atoms with Crippen LogP contribution in [0.2, 0.25) is 0 Å². The third-order valence-corrected chi connectivity index (χ3v) is 14.4. The minimum Gasteiger partial charge on any atom is -0.0622 e. The van der Waals surface area contributed by atoms with Gasteiger partial charge in [0, 0.05) is 34.1 Å². The summed E-state index contributed by atoms with van der Waals surface area (Å²) >= 11 is 0. The van der Waals surface area contributed by atoms with E-state index in [4.69, 9.17) is 0 Å². The standard InChI is InChI=1S/C38H34P2.2C5H5.2Fe/c1-29(39(31-17-7-3-8-18-31)32-19-9-4-10-20-32)35-25-15-27-37(35)38-28-16-26-36(38)30(2)40(33-21-11-5-12-22-33)34-23-13-6-14-24-34;2*1-2-4-5-3-1;;/h3-30H,1-2H3;2*1-5H;;/t29-,30-;;;;/m1..../s1. The molecule has 0 N–H and O–H groups in total. The molecule has 4 aliphatic carbocycles. The molecule has 4 aliphatic rings. The van der Waals surface area contributed by atoms with Gasteiger partial charge in [0.2, 0.25) is 0 Å². The molecule has 0 unspecified atom stereocenters. The first-order valence-corrected chi connectivity index (χ1v) is 20.2. The molecule has 0 amide bonds. The van der Waals surface area contributed by atoms with Crippen molar-refractivity contribution in [2.45, 2.75) is 25.2 Å². The molecule has 8 rings (SSSR count). The van der Waals surface area contributed by atoms with Crippen LogP contribution in [0, 0.1) is 126 Å². The van der Waals surface area contributed by atoms with Crippen molar-refractivity contribution in [1.29, 1.82) is 0 Å². The summed E-state index contributed by atoms with van der Waals surface area (Å²) in [5, 5.41) is 5.71. The Balaban J connectivity index is 0.000000436. The largest absolute Gasteiger partial charge is 0.0622 e. The molecule has 4 aromatic carbocycles. The van der Waals surface area contributed by atoms with Crippen LogP contribution < -0.4 is 21.2 Å². The monoisotopic (exact) mass is 794 g/mol. The molecule has 4 fully saturated rings. The van der Waals surface area contributed by atoms with E-state index in [0.29, 0.717) is 11.3 Å². The van der Waals surface area contributed by atoms with Crippen LogP contribution in [0.25, 0.3) is 0 Å². The maximum Gasteiger partial charge on any atom is 0 e. The molecule has 0 nitrogen and oxygen atoms in total. The molecule has 0 heterocycles. The fourth-order valence-electron chi connectivity index (χ4n) is 6.55. The number of hydrogen-bond donors (Lipinski definition) is 0. The fraction of sp³-hybridized carbons (Fsp3) is 0.0833. The summed E-state index contributed by atoms with van der Waals surface area (Å²) in [7, 11) is -1.12. The van der Waals surface area contributed by atoms with E-state index in [9.17, 15) is 0 Å². The normalized spacial score (nSPS) is 19.2. The Hall–Kier alpha value is -1.22. The number of rotatable bonds is 9. The van der Waals surface area contributed by atoms with Gasteiger partial charge in [-0.2, -0.15) is 0 Å². The first kappa shape index (κ1) is 43.5. The van der Waals surface area contributed by atoms with Crippen LogP contribution in [0.4, 0.5) is 0 Å². The topological polar surface area (TPSA) is 0 Å². The van der Waals surface area contributed by atoms with Crippen molar-refractivity contribution in [3.63, 3.8) is 0 Å². The van der Waals surface area contributed by atoms with Crippen molar-refractivity contribution in [2.75, 3.05) is 0 Å². The molecule has 52 heavy (non-hydrogen) atoms. The molecule has 0 bridgehead atoms. The molecule has 4 saturated carbocycles. The van der Waals surface area contributed by atoms with Crippen molar-refractivity contribution in [3.8, 4) is 0 Å². The Morgan fingerprint density at radius 1 is 0.308 bits per heavy atom. The van der Waals surface area contributed by atoms with Crippen LogP contribution in [-0.4, -0.2) is 11.3 Å². The van der Waals surface area contributed by atoms with Crippen molar-refractivity contribution < 1.29 is 34.1 Å². The summed E-state index contributed by atoms with van der Waals surface area (Å²) in [6.07, 6.45) is 33.9. The Labute approximate surface area is 342 Å². The smallest absolute Gasteiger partial charge is 0 e. The predicted octanol–water partition coefficient (Wildman–Crippen LogP) is 9.62. The van der Waals surface area contributed by atoms with Gasteiger partial charge in [-0.1, -0.05) is 135 Å². The van der Waals surface area contributed by atoms with E-state index in [1.807, 2.05) is 64.2 Å². The van der Waals surface area contributed by atoms with E-state index in [0.717, 1.165) is 0 Å². The second kappa shape index (κ2) is 23.6. The summed E-state index contributed by atoms with van der Waals surface area (Å²) in [5.74, 6) is 5.66. The van der Waals surface area contributed by atoms with E-state index in [-0.39, 0.29) is 34.1 Å². The van der Waals surface area contributed by atoms with Gasteiger partial charge in [0.1, 0.15) is 0 Å². The molecule has 4 heteroatoms. The van der Waals surface area contributed by atoms with E-state index >= 15 is 0 Å². The quantitative estimate of drug-likeness (QED) is 0.117. The van der Waals surface area contributed by atoms with Crippen molar-refractivity contribution in [2.24, 2.45) is 0 Å². The Kier molecular flexibility index (Phi) is 19.8. The second-order valence-corrected chi connectivity index (χ2v) is 17.2. The molecular weight excluding hydrogens is 750 g/mol. The summed E-state index contributed by atoms with van der Waals surface area (Å²) in [5.41, 5.74) is 0.764. The summed E-state index contributed by atoms with van der Waals surface area (Å²) in [4.78, 5) is 0. The van der Waals surface area contributed by atoms with Crippen LogP contribution in [0.5, 0.6) is 0 Å².